The summed E-state index contributed by atoms with van der Waals surface area (Å²) in [5, 5.41) is 9.16. The molecule has 0 spiro atoms. The number of aryl methyl sites for hydroxylation is 1. The molecule has 8 heteroatoms. The first-order valence-electron chi connectivity index (χ1n) is 6.41. The molecule has 0 saturated carbocycles. The number of hydrogen-bond donors (Lipinski definition) is 2. The van der Waals surface area contributed by atoms with Crippen LogP contribution in [0.5, 0.6) is 0 Å². The van der Waals surface area contributed by atoms with Crippen LogP contribution in [0.15, 0.2) is 24.3 Å². The number of carbonyl (C=O) groups is 2. The zero-order chi connectivity index (χ0) is 16.3. The lowest BCUT2D eigenvalue weighted by Gasteiger charge is -2.05. The van der Waals surface area contributed by atoms with Crippen molar-refractivity contribution >= 4 is 29.2 Å². The quantitative estimate of drug-likeness (QED) is 0.899. The SMILES string of the molecule is CNC(=O)c1cc(NC(=O)Cc2c(F)cccc2Cl)nn1C. The normalized spacial score (nSPS) is 10.4. The predicted molar refractivity (Wildman–Crippen MR) is 80.3 cm³/mol. The molecular weight excluding hydrogens is 311 g/mol. The van der Waals surface area contributed by atoms with Gasteiger partial charge in [0, 0.05) is 30.7 Å². The number of hydrogen-bond acceptors (Lipinski definition) is 3. The lowest BCUT2D eigenvalue weighted by molar-refractivity contribution is -0.115. The van der Waals surface area contributed by atoms with Crippen LogP contribution in [0, 0.1) is 5.82 Å². The van der Waals surface area contributed by atoms with Crippen LogP contribution in [-0.4, -0.2) is 28.6 Å². The summed E-state index contributed by atoms with van der Waals surface area (Å²) < 4.78 is 15.0. The van der Waals surface area contributed by atoms with Crippen molar-refractivity contribution in [3.63, 3.8) is 0 Å². The van der Waals surface area contributed by atoms with Crippen LogP contribution in [0.2, 0.25) is 5.02 Å². The summed E-state index contributed by atoms with van der Waals surface area (Å²) in [6, 6.07) is 5.64. The van der Waals surface area contributed by atoms with Gasteiger partial charge in [0.25, 0.3) is 5.91 Å². The second-order valence-electron chi connectivity index (χ2n) is 4.54. The Bertz CT molecular complexity index is 709. The third-order valence-corrected chi connectivity index (χ3v) is 3.36. The molecule has 2 rings (SSSR count). The Morgan fingerprint density at radius 3 is 2.77 bits per heavy atom. The number of rotatable bonds is 4. The van der Waals surface area contributed by atoms with E-state index in [2.05, 4.69) is 15.7 Å². The van der Waals surface area contributed by atoms with E-state index in [1.807, 2.05) is 0 Å². The maximum Gasteiger partial charge on any atom is 0.269 e. The summed E-state index contributed by atoms with van der Waals surface area (Å²) >= 11 is 5.87. The van der Waals surface area contributed by atoms with Gasteiger partial charge in [-0.2, -0.15) is 5.10 Å². The van der Waals surface area contributed by atoms with Gasteiger partial charge in [-0.25, -0.2) is 4.39 Å². The summed E-state index contributed by atoms with van der Waals surface area (Å²) in [7, 11) is 3.07. The van der Waals surface area contributed by atoms with Gasteiger partial charge in [-0.05, 0) is 12.1 Å². The Kier molecular flexibility index (Phi) is 4.77. The van der Waals surface area contributed by atoms with Crippen molar-refractivity contribution in [1.29, 1.82) is 0 Å². The Morgan fingerprint density at radius 2 is 2.14 bits per heavy atom. The fraction of sp³-hybridized carbons (Fsp3) is 0.214. The molecule has 1 heterocycles. The van der Waals surface area contributed by atoms with E-state index in [-0.39, 0.29) is 28.7 Å². The lowest BCUT2D eigenvalue weighted by Crippen LogP contribution is -2.20. The van der Waals surface area contributed by atoms with Gasteiger partial charge >= 0.3 is 0 Å². The highest BCUT2D eigenvalue weighted by atomic mass is 35.5. The monoisotopic (exact) mass is 324 g/mol. The van der Waals surface area contributed by atoms with E-state index < -0.39 is 11.7 Å². The first-order valence-corrected chi connectivity index (χ1v) is 6.79. The molecule has 116 valence electrons. The molecule has 1 aromatic heterocycles. The maximum absolute atomic E-state index is 13.6. The molecular formula is C14H14ClFN4O2. The summed E-state index contributed by atoms with van der Waals surface area (Å²) in [4.78, 5) is 23.5. The molecule has 0 atom stereocenters. The number of aromatic nitrogens is 2. The number of benzene rings is 1. The smallest absolute Gasteiger partial charge is 0.269 e. The highest BCUT2D eigenvalue weighted by molar-refractivity contribution is 6.31. The van der Waals surface area contributed by atoms with Crippen molar-refractivity contribution in [2.75, 3.05) is 12.4 Å². The first kappa shape index (κ1) is 16.0. The molecule has 0 unspecified atom stereocenters. The minimum Gasteiger partial charge on any atom is -0.354 e. The molecule has 2 N–H and O–H groups in total. The van der Waals surface area contributed by atoms with E-state index in [1.54, 1.807) is 7.05 Å². The summed E-state index contributed by atoms with van der Waals surface area (Å²) in [5.74, 6) is -1.14. The molecule has 0 aliphatic carbocycles. The van der Waals surface area contributed by atoms with Crippen molar-refractivity contribution in [3.05, 3.63) is 46.4 Å². The minimum atomic E-state index is -0.547. The lowest BCUT2D eigenvalue weighted by atomic mass is 10.1. The van der Waals surface area contributed by atoms with Crippen LogP contribution >= 0.6 is 11.6 Å². The fourth-order valence-electron chi connectivity index (χ4n) is 1.92. The van der Waals surface area contributed by atoms with Crippen molar-refractivity contribution in [1.82, 2.24) is 15.1 Å². The highest BCUT2D eigenvalue weighted by Crippen LogP contribution is 2.20. The third-order valence-electron chi connectivity index (χ3n) is 3.01. The number of nitrogens with zero attached hydrogens (tertiary/aromatic N) is 2. The van der Waals surface area contributed by atoms with Gasteiger partial charge in [0.15, 0.2) is 5.82 Å². The Hall–Kier alpha value is -2.41. The molecule has 6 nitrogen and oxygen atoms in total. The Balaban J connectivity index is 2.11. The maximum atomic E-state index is 13.6. The third kappa shape index (κ3) is 3.43. The summed E-state index contributed by atoms with van der Waals surface area (Å²) in [6.07, 6.45) is -0.225. The van der Waals surface area contributed by atoms with Gasteiger partial charge in [-0.15, -0.1) is 0 Å². The molecule has 0 saturated heterocycles. The number of amides is 2. The van der Waals surface area contributed by atoms with Crippen LogP contribution in [0.25, 0.3) is 0 Å². The zero-order valence-electron chi connectivity index (χ0n) is 12.0. The Labute approximate surface area is 131 Å². The van der Waals surface area contributed by atoms with Gasteiger partial charge in [0.1, 0.15) is 11.5 Å². The molecule has 0 bridgehead atoms. The average Bonchev–Trinajstić information content (AvgIpc) is 2.83. The molecule has 0 fully saturated rings. The molecule has 2 aromatic rings. The second-order valence-corrected chi connectivity index (χ2v) is 4.95. The molecule has 0 aliphatic rings. The van der Waals surface area contributed by atoms with Gasteiger partial charge in [0.2, 0.25) is 5.91 Å². The molecule has 2 amide bonds. The van der Waals surface area contributed by atoms with E-state index in [0.29, 0.717) is 5.69 Å². The number of halogens is 2. The van der Waals surface area contributed by atoms with E-state index in [4.69, 9.17) is 11.6 Å². The van der Waals surface area contributed by atoms with Crippen molar-refractivity contribution in [2.45, 2.75) is 6.42 Å². The van der Waals surface area contributed by atoms with Crippen molar-refractivity contribution < 1.29 is 14.0 Å². The topological polar surface area (TPSA) is 76.0 Å². The minimum absolute atomic E-state index is 0.115. The standard InChI is InChI=1S/C14H14ClFN4O2/c1-17-14(22)11-7-12(19-20(11)2)18-13(21)6-8-9(15)4-3-5-10(8)16/h3-5,7H,6H2,1-2H3,(H,17,22)(H,18,19,21). The number of nitrogens with one attached hydrogen (secondary N) is 2. The van der Waals surface area contributed by atoms with Crippen LogP contribution in [0.1, 0.15) is 16.1 Å². The summed E-state index contributed by atoms with van der Waals surface area (Å²) in [5.41, 5.74) is 0.408. The largest absolute Gasteiger partial charge is 0.354 e. The van der Waals surface area contributed by atoms with Crippen LogP contribution in [0.4, 0.5) is 10.2 Å². The molecule has 1 aromatic carbocycles. The number of anilines is 1. The van der Waals surface area contributed by atoms with Gasteiger partial charge in [-0.1, -0.05) is 17.7 Å². The van der Waals surface area contributed by atoms with Crippen LogP contribution in [0.3, 0.4) is 0 Å². The van der Waals surface area contributed by atoms with E-state index in [1.165, 1.54) is 36.0 Å². The molecule has 0 aliphatic heterocycles. The summed E-state index contributed by atoms with van der Waals surface area (Å²) in [6.45, 7) is 0. The van der Waals surface area contributed by atoms with Gasteiger partial charge in [-0.3, -0.25) is 14.3 Å². The van der Waals surface area contributed by atoms with E-state index in [9.17, 15) is 14.0 Å². The highest BCUT2D eigenvalue weighted by Gasteiger charge is 2.16. The van der Waals surface area contributed by atoms with E-state index >= 15 is 0 Å². The Morgan fingerprint density at radius 1 is 1.41 bits per heavy atom. The van der Waals surface area contributed by atoms with E-state index in [0.717, 1.165) is 0 Å². The van der Waals surface area contributed by atoms with Crippen LogP contribution in [-0.2, 0) is 18.3 Å². The first-order chi connectivity index (χ1) is 10.4. The zero-order valence-corrected chi connectivity index (χ0v) is 12.7. The van der Waals surface area contributed by atoms with Crippen LogP contribution < -0.4 is 10.6 Å². The average molecular weight is 325 g/mol. The molecule has 0 radical (unpaired) electrons. The van der Waals surface area contributed by atoms with Crippen molar-refractivity contribution in [2.24, 2.45) is 7.05 Å². The predicted octanol–water partition coefficient (Wildman–Crippen LogP) is 1.75. The van der Waals surface area contributed by atoms with Crippen molar-refractivity contribution in [3.8, 4) is 0 Å². The second kappa shape index (κ2) is 6.57. The fourth-order valence-corrected chi connectivity index (χ4v) is 2.15. The number of carbonyl (C=O) groups excluding carboxylic acids is 2. The van der Waals surface area contributed by atoms with Gasteiger partial charge < -0.3 is 10.6 Å². The van der Waals surface area contributed by atoms with Gasteiger partial charge in [0.05, 0.1) is 6.42 Å². The molecule has 22 heavy (non-hydrogen) atoms.